The molecule has 0 saturated heterocycles. The average molecular weight is 255 g/mol. The summed E-state index contributed by atoms with van der Waals surface area (Å²) in [6.07, 6.45) is 0. The van der Waals surface area contributed by atoms with Gasteiger partial charge >= 0.3 is 88.7 Å². The molecule has 0 atom stereocenters. The van der Waals surface area contributed by atoms with E-state index in [1.807, 2.05) is 30.3 Å². The monoisotopic (exact) mass is 256 g/mol. The van der Waals surface area contributed by atoms with Crippen LogP contribution in [0.3, 0.4) is 0 Å². The van der Waals surface area contributed by atoms with Gasteiger partial charge in [0.25, 0.3) is 0 Å². The van der Waals surface area contributed by atoms with Crippen LogP contribution in [0.2, 0.25) is 17.3 Å². The summed E-state index contributed by atoms with van der Waals surface area (Å²) in [4.78, 5) is 0. The number of benzene rings is 1. The van der Waals surface area contributed by atoms with Gasteiger partial charge in [-0.1, -0.05) is 0 Å². The van der Waals surface area contributed by atoms with E-state index in [4.69, 9.17) is 8.50 Å². The van der Waals surface area contributed by atoms with Crippen LogP contribution in [0, 0.1) is 0 Å². The first-order chi connectivity index (χ1) is 6.58. The number of para-hydroxylation sites is 1. The van der Waals surface area contributed by atoms with Crippen molar-refractivity contribution >= 4 is 13.6 Å². The van der Waals surface area contributed by atoms with E-state index >= 15 is 0 Å². The Bertz CT molecular complexity index is 254. The predicted octanol–water partition coefficient (Wildman–Crippen LogP) is 2.92. The van der Waals surface area contributed by atoms with E-state index < -0.39 is 13.6 Å². The Hall–Kier alpha value is -0.477. The van der Waals surface area contributed by atoms with Gasteiger partial charge in [0, 0.05) is 0 Å². The standard InChI is InChI=1S/C11H18GeO2/c1-12(2,3)14-10-9-13-11-7-5-4-6-8-11/h4-8H,9-10H2,1-3H3. The van der Waals surface area contributed by atoms with Crippen molar-refractivity contribution in [2.24, 2.45) is 0 Å². The molecule has 0 unspecified atom stereocenters. The number of ether oxygens (including phenoxy) is 1. The normalized spacial score (nSPS) is 11.4. The van der Waals surface area contributed by atoms with Gasteiger partial charge in [-0.3, -0.25) is 0 Å². The molecule has 78 valence electrons. The second-order valence-corrected chi connectivity index (χ2v) is 13.6. The third-order valence-corrected chi connectivity index (χ3v) is 3.88. The Morgan fingerprint density at radius 1 is 1.00 bits per heavy atom. The first kappa shape index (κ1) is 11.6. The minimum atomic E-state index is -1.83. The summed E-state index contributed by atoms with van der Waals surface area (Å²) in [7, 11) is 0. The van der Waals surface area contributed by atoms with E-state index in [1.54, 1.807) is 0 Å². The van der Waals surface area contributed by atoms with Crippen LogP contribution in [0.25, 0.3) is 0 Å². The molecule has 0 N–H and O–H groups in total. The Morgan fingerprint density at radius 2 is 1.64 bits per heavy atom. The van der Waals surface area contributed by atoms with E-state index in [-0.39, 0.29) is 0 Å². The summed E-state index contributed by atoms with van der Waals surface area (Å²) in [6, 6.07) is 9.83. The number of hydrogen-bond acceptors (Lipinski definition) is 2. The van der Waals surface area contributed by atoms with Crippen LogP contribution in [0.5, 0.6) is 5.75 Å². The maximum absolute atomic E-state index is 5.71. The molecule has 1 rings (SSSR count). The Morgan fingerprint density at radius 3 is 2.21 bits per heavy atom. The molecule has 0 fully saturated rings. The fourth-order valence-electron chi connectivity index (χ4n) is 1.02. The van der Waals surface area contributed by atoms with Crippen molar-refractivity contribution in [1.29, 1.82) is 0 Å². The zero-order valence-electron chi connectivity index (χ0n) is 9.12. The van der Waals surface area contributed by atoms with Crippen molar-refractivity contribution in [3.05, 3.63) is 30.3 Å². The van der Waals surface area contributed by atoms with E-state index in [1.165, 1.54) is 0 Å². The van der Waals surface area contributed by atoms with Crippen LogP contribution < -0.4 is 4.74 Å². The third-order valence-electron chi connectivity index (χ3n) is 1.63. The summed E-state index contributed by atoms with van der Waals surface area (Å²) < 4.78 is 11.2. The summed E-state index contributed by atoms with van der Waals surface area (Å²) >= 11 is -1.83. The number of rotatable bonds is 5. The van der Waals surface area contributed by atoms with Crippen molar-refractivity contribution in [2.75, 3.05) is 13.2 Å². The van der Waals surface area contributed by atoms with Crippen molar-refractivity contribution in [3.8, 4) is 5.75 Å². The predicted molar refractivity (Wildman–Crippen MR) is 61.2 cm³/mol. The average Bonchev–Trinajstić information content (AvgIpc) is 2.13. The topological polar surface area (TPSA) is 18.5 Å². The first-order valence-corrected chi connectivity index (χ1v) is 12.0. The molecule has 1 aromatic rings. The van der Waals surface area contributed by atoms with Gasteiger partial charge in [-0.2, -0.15) is 0 Å². The third kappa shape index (κ3) is 5.30. The molecule has 0 heterocycles. The van der Waals surface area contributed by atoms with Crippen LogP contribution in [0.4, 0.5) is 0 Å². The maximum atomic E-state index is 5.71. The molecule has 0 bridgehead atoms. The van der Waals surface area contributed by atoms with Gasteiger partial charge in [-0.25, -0.2) is 0 Å². The molecule has 2 nitrogen and oxygen atoms in total. The van der Waals surface area contributed by atoms with Crippen LogP contribution in [-0.2, 0) is 3.76 Å². The first-order valence-electron chi connectivity index (χ1n) is 4.90. The molecular formula is C11H18GeO2. The molecule has 0 aliphatic carbocycles. The second-order valence-electron chi connectivity index (χ2n) is 4.12. The second kappa shape index (κ2) is 5.42. The number of hydrogen-bond donors (Lipinski definition) is 0. The van der Waals surface area contributed by atoms with E-state index in [0.717, 1.165) is 5.75 Å². The fraction of sp³-hybridized carbons (Fsp3) is 0.455. The van der Waals surface area contributed by atoms with Crippen molar-refractivity contribution < 1.29 is 8.50 Å². The summed E-state index contributed by atoms with van der Waals surface area (Å²) in [5.74, 6) is 7.59. The molecule has 3 heteroatoms. The van der Waals surface area contributed by atoms with Gasteiger partial charge in [-0.05, 0) is 0 Å². The van der Waals surface area contributed by atoms with E-state index in [9.17, 15) is 0 Å². The molecule has 0 amide bonds. The Labute approximate surface area is 88.9 Å². The molecule has 0 saturated carbocycles. The zero-order chi connectivity index (χ0) is 10.4. The molecule has 14 heavy (non-hydrogen) atoms. The van der Waals surface area contributed by atoms with Crippen LogP contribution in [-0.4, -0.2) is 26.8 Å². The van der Waals surface area contributed by atoms with Crippen LogP contribution >= 0.6 is 0 Å². The Kier molecular flexibility index (Phi) is 4.49. The molecule has 0 spiro atoms. The Balaban J connectivity index is 2.17. The summed E-state index contributed by atoms with van der Waals surface area (Å²) in [6.45, 7) is 1.35. The van der Waals surface area contributed by atoms with Gasteiger partial charge in [0.05, 0.1) is 0 Å². The quantitative estimate of drug-likeness (QED) is 0.594. The fourth-order valence-corrected chi connectivity index (χ4v) is 2.48. The molecule has 0 aromatic heterocycles. The van der Waals surface area contributed by atoms with Gasteiger partial charge in [0.1, 0.15) is 0 Å². The van der Waals surface area contributed by atoms with Gasteiger partial charge in [0.15, 0.2) is 0 Å². The SMILES string of the molecule is [CH3][Ge]([CH3])([CH3])[O]CCOc1ccccc1. The van der Waals surface area contributed by atoms with Gasteiger partial charge in [0.2, 0.25) is 0 Å². The van der Waals surface area contributed by atoms with Crippen molar-refractivity contribution in [1.82, 2.24) is 0 Å². The summed E-state index contributed by atoms with van der Waals surface area (Å²) in [5.41, 5.74) is 0. The van der Waals surface area contributed by atoms with Gasteiger partial charge < -0.3 is 0 Å². The molecule has 0 aliphatic rings. The minimum absolute atomic E-state index is 0.645. The van der Waals surface area contributed by atoms with Crippen LogP contribution in [0.15, 0.2) is 30.3 Å². The summed E-state index contributed by atoms with van der Waals surface area (Å²) in [5, 5.41) is 0. The molecular weight excluding hydrogens is 237 g/mol. The molecule has 0 aliphatic heterocycles. The van der Waals surface area contributed by atoms with Crippen LogP contribution in [0.1, 0.15) is 0 Å². The van der Waals surface area contributed by atoms with E-state index in [2.05, 4.69) is 17.3 Å². The molecule has 0 radical (unpaired) electrons. The van der Waals surface area contributed by atoms with Gasteiger partial charge in [-0.15, -0.1) is 0 Å². The van der Waals surface area contributed by atoms with Crippen molar-refractivity contribution in [2.45, 2.75) is 17.3 Å². The van der Waals surface area contributed by atoms with Crippen molar-refractivity contribution in [3.63, 3.8) is 0 Å². The zero-order valence-corrected chi connectivity index (χ0v) is 11.2. The van der Waals surface area contributed by atoms with E-state index in [0.29, 0.717) is 13.2 Å². The molecule has 1 aromatic carbocycles.